The van der Waals surface area contributed by atoms with Gasteiger partial charge in [0.05, 0.1) is 24.7 Å². The molecule has 0 radical (unpaired) electrons. The molecule has 0 spiro atoms. The Morgan fingerprint density at radius 1 is 1.31 bits per heavy atom. The maximum absolute atomic E-state index is 13.7. The molecule has 0 aromatic carbocycles. The number of carbonyl (C=O) groups is 2. The molecule has 6 rings (SSSR count). The fourth-order valence-corrected chi connectivity index (χ4v) is 8.35. The molecule has 2 saturated carbocycles. The maximum Gasteiger partial charge on any atom is 0.185 e. The molecule has 1 aliphatic heterocycles. The van der Waals surface area contributed by atoms with Crippen LogP contribution in [-0.4, -0.2) is 39.5 Å². The summed E-state index contributed by atoms with van der Waals surface area (Å²) in [6.45, 7) is 4.18. The lowest BCUT2D eigenvalue weighted by molar-refractivity contribution is -0.197. The van der Waals surface area contributed by atoms with E-state index in [1.807, 2.05) is 31.2 Å². The topological polar surface area (TPSA) is 110 Å². The van der Waals surface area contributed by atoms with Crippen molar-refractivity contribution in [3.8, 4) is 6.07 Å². The van der Waals surface area contributed by atoms with Crippen LogP contribution in [0.15, 0.2) is 48.3 Å². The number of pyridine rings is 1. The molecule has 3 fully saturated rings. The van der Waals surface area contributed by atoms with E-state index in [1.165, 1.54) is 0 Å². The van der Waals surface area contributed by atoms with Crippen LogP contribution in [0, 0.1) is 39.9 Å². The van der Waals surface area contributed by atoms with Gasteiger partial charge >= 0.3 is 0 Å². The molecule has 35 heavy (non-hydrogen) atoms. The first-order valence-electron chi connectivity index (χ1n) is 12.5. The maximum atomic E-state index is 13.7. The van der Waals surface area contributed by atoms with Crippen LogP contribution < -0.4 is 0 Å². The molecule has 1 aromatic heterocycles. The molecule has 182 valence electrons. The minimum Gasteiger partial charge on any atom is -0.393 e. The molecule has 1 N–H and O–H groups in total. The van der Waals surface area contributed by atoms with Gasteiger partial charge in [-0.2, -0.15) is 5.26 Å². The highest BCUT2D eigenvalue weighted by Gasteiger charge is 2.75. The molecule has 4 aliphatic carbocycles. The summed E-state index contributed by atoms with van der Waals surface area (Å²) in [5.41, 5.74) is -0.504. The van der Waals surface area contributed by atoms with Gasteiger partial charge in [-0.1, -0.05) is 31.6 Å². The van der Waals surface area contributed by atoms with E-state index < -0.39 is 29.5 Å². The van der Waals surface area contributed by atoms with Crippen molar-refractivity contribution in [3.63, 3.8) is 0 Å². The van der Waals surface area contributed by atoms with E-state index in [-0.39, 0.29) is 41.2 Å². The van der Waals surface area contributed by atoms with Crippen molar-refractivity contribution >= 4 is 11.6 Å². The number of nitriles is 1. The van der Waals surface area contributed by atoms with Crippen molar-refractivity contribution < 1.29 is 24.2 Å². The molecule has 1 saturated heterocycles. The Morgan fingerprint density at radius 2 is 2.09 bits per heavy atom. The summed E-state index contributed by atoms with van der Waals surface area (Å²) in [4.78, 5) is 29.9. The summed E-state index contributed by atoms with van der Waals surface area (Å²) >= 11 is 0. The summed E-state index contributed by atoms with van der Waals surface area (Å²) in [6, 6.07) is 5.65. The van der Waals surface area contributed by atoms with E-state index in [0.29, 0.717) is 19.3 Å². The molecule has 5 aliphatic rings. The number of allylic oxidation sites excluding steroid dienone is 4. The number of aliphatic hydroxyl groups is 1. The second-order valence-electron chi connectivity index (χ2n) is 11.3. The van der Waals surface area contributed by atoms with Gasteiger partial charge in [-0.25, -0.2) is 0 Å². The number of hydrogen-bond acceptors (Lipinski definition) is 7. The summed E-state index contributed by atoms with van der Waals surface area (Å²) in [7, 11) is 0. The van der Waals surface area contributed by atoms with Gasteiger partial charge < -0.3 is 14.6 Å². The Kier molecular flexibility index (Phi) is 4.99. The number of ether oxygens (including phenoxy) is 2. The molecular weight excluding hydrogens is 444 g/mol. The highest BCUT2D eigenvalue weighted by molar-refractivity contribution is 5.93. The monoisotopic (exact) mass is 474 g/mol. The highest BCUT2D eigenvalue weighted by atomic mass is 16.7. The molecule has 0 amide bonds. The first-order chi connectivity index (χ1) is 16.7. The molecule has 1 aromatic rings. The Hall–Kier alpha value is -2.66. The second kappa shape index (κ2) is 7.67. The van der Waals surface area contributed by atoms with Crippen LogP contribution >= 0.6 is 0 Å². The zero-order valence-electron chi connectivity index (χ0n) is 20.0. The first kappa shape index (κ1) is 22.8. The van der Waals surface area contributed by atoms with Crippen molar-refractivity contribution in [2.45, 2.75) is 70.1 Å². The van der Waals surface area contributed by atoms with E-state index in [2.05, 4.69) is 18.0 Å². The van der Waals surface area contributed by atoms with Crippen LogP contribution in [0.25, 0.3) is 0 Å². The Bertz CT molecular complexity index is 1190. The van der Waals surface area contributed by atoms with Gasteiger partial charge in [0.1, 0.15) is 0 Å². The number of fused-ring (bicyclic) bond motifs is 7. The third-order valence-corrected chi connectivity index (χ3v) is 9.83. The normalized spacial score (nSPS) is 45.5. The molecular formula is C28H30N2O5. The zero-order valence-corrected chi connectivity index (χ0v) is 20.0. The van der Waals surface area contributed by atoms with Gasteiger partial charge in [0.2, 0.25) is 0 Å². The van der Waals surface area contributed by atoms with Crippen molar-refractivity contribution in [1.29, 1.82) is 5.26 Å². The first-order valence-corrected chi connectivity index (χ1v) is 12.5. The van der Waals surface area contributed by atoms with E-state index in [1.54, 1.807) is 18.5 Å². The summed E-state index contributed by atoms with van der Waals surface area (Å²) in [5.74, 6) is -0.0360. The number of rotatable bonds is 3. The Labute approximate surface area is 204 Å². The van der Waals surface area contributed by atoms with E-state index in [9.17, 15) is 20.0 Å². The van der Waals surface area contributed by atoms with Crippen molar-refractivity contribution in [2.24, 2.45) is 28.6 Å². The minimum atomic E-state index is -1.30. The van der Waals surface area contributed by atoms with Crippen LogP contribution in [0.4, 0.5) is 0 Å². The fraction of sp³-hybridized carbons (Fsp3) is 0.571. The highest BCUT2D eigenvalue weighted by Crippen LogP contribution is 2.70. The van der Waals surface area contributed by atoms with Gasteiger partial charge in [-0.15, -0.1) is 0 Å². The Morgan fingerprint density at radius 3 is 2.83 bits per heavy atom. The number of aromatic nitrogens is 1. The van der Waals surface area contributed by atoms with E-state index >= 15 is 0 Å². The molecule has 7 heteroatoms. The lowest BCUT2D eigenvalue weighted by atomic mass is 9.46. The standard InChI is InChI=1S/C28H30N2O5/c1-26-9-5-18(31)13-17(26)3-4-19-20-14-23-28(22(33)6-10-29,27(20,2)15-21(32)24(19)26)35-25(34-23)16-7-11-30-12-8-16/h3,5,7-9,11-12,19-21,23-25,32H,4,6,13-15H2,1-2H3/t19-,20-,21-,23+,24+,25?,26-,27-,28+/m0/s1. The third-order valence-electron chi connectivity index (χ3n) is 9.83. The van der Waals surface area contributed by atoms with Crippen LogP contribution in [0.1, 0.15) is 57.8 Å². The number of nitrogens with zero attached hydrogens (tertiary/aromatic N) is 2. The predicted octanol–water partition coefficient (Wildman–Crippen LogP) is 3.61. The van der Waals surface area contributed by atoms with E-state index in [4.69, 9.17) is 9.47 Å². The number of ketones is 2. The van der Waals surface area contributed by atoms with Crippen molar-refractivity contribution in [2.75, 3.05) is 0 Å². The summed E-state index contributed by atoms with van der Waals surface area (Å²) < 4.78 is 13.0. The number of Topliss-reactive ketones (excluding diaryl/α,β-unsaturated/α-hetero) is 1. The van der Waals surface area contributed by atoms with Crippen molar-refractivity contribution in [3.05, 3.63) is 53.9 Å². The number of carbonyl (C=O) groups excluding carboxylic acids is 2. The van der Waals surface area contributed by atoms with Gasteiger partial charge in [-0.05, 0) is 49.3 Å². The Balaban J connectivity index is 1.42. The minimum absolute atomic E-state index is 0.0529. The van der Waals surface area contributed by atoms with Crippen LogP contribution in [-0.2, 0) is 19.1 Å². The quantitative estimate of drug-likeness (QED) is 0.667. The second-order valence-corrected chi connectivity index (χ2v) is 11.3. The average Bonchev–Trinajstić information content (AvgIpc) is 3.33. The predicted molar refractivity (Wildman–Crippen MR) is 124 cm³/mol. The van der Waals surface area contributed by atoms with Gasteiger partial charge in [0.25, 0.3) is 0 Å². The largest absolute Gasteiger partial charge is 0.393 e. The molecule has 2 heterocycles. The van der Waals surface area contributed by atoms with Gasteiger partial charge in [0, 0.05) is 41.1 Å². The lowest BCUT2D eigenvalue weighted by Crippen LogP contribution is -2.62. The fourth-order valence-electron chi connectivity index (χ4n) is 8.35. The zero-order chi connectivity index (χ0) is 24.6. The smallest absolute Gasteiger partial charge is 0.185 e. The van der Waals surface area contributed by atoms with Crippen LogP contribution in [0.3, 0.4) is 0 Å². The molecule has 7 nitrogen and oxygen atoms in total. The molecule has 1 unspecified atom stereocenters. The summed E-state index contributed by atoms with van der Waals surface area (Å²) in [6.07, 6.45) is 9.14. The average molecular weight is 475 g/mol. The lowest BCUT2D eigenvalue weighted by Gasteiger charge is -2.59. The molecule has 9 atom stereocenters. The molecule has 0 bridgehead atoms. The number of hydrogen-bond donors (Lipinski definition) is 1. The van der Waals surface area contributed by atoms with Crippen molar-refractivity contribution in [1.82, 2.24) is 4.98 Å². The van der Waals surface area contributed by atoms with E-state index in [0.717, 1.165) is 17.6 Å². The summed E-state index contributed by atoms with van der Waals surface area (Å²) in [5, 5.41) is 21.1. The SMILES string of the molecule is C[C@]12C=CC(=O)CC1=CC[C@@H]1[C@@H]2[C@@H](O)C[C@@]2(C)[C@H]1C[C@H]1OC(c3ccncc3)O[C@]12C(=O)CC#N. The van der Waals surface area contributed by atoms with Crippen LogP contribution in [0.5, 0.6) is 0 Å². The van der Waals surface area contributed by atoms with Gasteiger partial charge in [0.15, 0.2) is 23.5 Å². The third kappa shape index (κ3) is 2.91. The van der Waals surface area contributed by atoms with Crippen LogP contribution in [0.2, 0.25) is 0 Å². The number of aliphatic hydroxyl groups excluding tert-OH is 1. The van der Waals surface area contributed by atoms with Gasteiger partial charge in [-0.3, -0.25) is 14.6 Å².